The third-order valence-electron chi connectivity index (χ3n) is 2.84. The first kappa shape index (κ1) is 19.9. The largest absolute Gasteiger partial charge is 0.465 e. The fraction of sp³-hybridized carbons (Fsp3) is 0.643. The fourth-order valence-corrected chi connectivity index (χ4v) is 3.17. The van der Waals surface area contributed by atoms with E-state index >= 15 is 0 Å². The van der Waals surface area contributed by atoms with E-state index < -0.39 is 52.6 Å². The van der Waals surface area contributed by atoms with Gasteiger partial charge in [-0.05, 0) is 0 Å². The molecule has 0 bridgehead atoms. The quantitative estimate of drug-likeness (QED) is 0.487. The van der Waals surface area contributed by atoms with Crippen molar-refractivity contribution in [1.29, 1.82) is 0 Å². The van der Waals surface area contributed by atoms with Crippen LogP contribution in [0.25, 0.3) is 0 Å². The van der Waals surface area contributed by atoms with Gasteiger partial charge in [-0.2, -0.15) is 0 Å². The Morgan fingerprint density at radius 2 is 1.33 bits per heavy atom. The molecule has 1 aliphatic rings. The average molecular weight is 362 g/mol. The van der Waals surface area contributed by atoms with Gasteiger partial charge in [0.1, 0.15) is 6.61 Å². The van der Waals surface area contributed by atoms with E-state index in [2.05, 4.69) is 0 Å². The Kier molecular flexibility index (Phi) is 7.20. The van der Waals surface area contributed by atoms with Crippen molar-refractivity contribution in [3.63, 3.8) is 0 Å². The lowest BCUT2D eigenvalue weighted by molar-refractivity contribution is -0.185. The Balaban J connectivity index is 3.13. The Hall–Kier alpha value is -2.10. The van der Waals surface area contributed by atoms with E-state index in [9.17, 15) is 24.0 Å². The molecule has 0 saturated carbocycles. The van der Waals surface area contributed by atoms with Crippen LogP contribution < -0.4 is 0 Å². The minimum atomic E-state index is -1.42. The summed E-state index contributed by atoms with van der Waals surface area (Å²) in [6.45, 7) is 4.27. The predicted molar refractivity (Wildman–Crippen MR) is 79.7 cm³/mol. The van der Waals surface area contributed by atoms with Gasteiger partial charge in [0.2, 0.25) is 11.2 Å². The minimum Gasteiger partial charge on any atom is -0.465 e. The van der Waals surface area contributed by atoms with Crippen molar-refractivity contribution in [2.75, 3.05) is 6.61 Å². The van der Waals surface area contributed by atoms with Gasteiger partial charge in [-0.3, -0.25) is 24.0 Å². The molecule has 0 aromatic rings. The number of rotatable bonds is 5. The molecule has 10 heteroatoms. The van der Waals surface area contributed by atoms with Crippen LogP contribution in [0.4, 0.5) is 0 Å². The molecule has 1 fully saturated rings. The molecule has 0 unspecified atom stereocenters. The second kappa shape index (κ2) is 8.67. The zero-order chi connectivity index (χ0) is 18.4. The first-order valence-corrected chi connectivity index (χ1v) is 7.85. The van der Waals surface area contributed by atoms with Crippen molar-refractivity contribution in [1.82, 2.24) is 0 Å². The molecule has 0 aromatic heterocycles. The highest BCUT2D eigenvalue weighted by molar-refractivity contribution is 8.14. The van der Waals surface area contributed by atoms with Crippen molar-refractivity contribution in [3.05, 3.63) is 0 Å². The molecule has 1 saturated heterocycles. The summed E-state index contributed by atoms with van der Waals surface area (Å²) in [4.78, 5) is 57.1. The second-order valence-electron chi connectivity index (χ2n) is 4.96. The maximum atomic E-state index is 12.2. The number of carbonyl (C=O) groups excluding carboxylic acids is 5. The Bertz CT molecular complexity index is 544. The zero-order valence-corrected chi connectivity index (χ0v) is 14.4. The van der Waals surface area contributed by atoms with Crippen LogP contribution in [0.1, 0.15) is 27.7 Å². The van der Waals surface area contributed by atoms with Crippen molar-refractivity contribution in [2.24, 2.45) is 0 Å². The monoisotopic (exact) mass is 362 g/mol. The average Bonchev–Trinajstić information content (AvgIpc) is 2.42. The zero-order valence-electron chi connectivity index (χ0n) is 13.6. The van der Waals surface area contributed by atoms with Crippen LogP contribution in [-0.2, 0) is 42.9 Å². The van der Waals surface area contributed by atoms with Crippen LogP contribution in [0, 0.1) is 0 Å². The molecule has 0 aromatic carbocycles. The van der Waals surface area contributed by atoms with Gasteiger partial charge in [0.25, 0.3) is 0 Å². The first-order valence-electron chi connectivity index (χ1n) is 6.97. The molecule has 9 nitrogen and oxygen atoms in total. The second-order valence-corrected chi connectivity index (χ2v) is 6.20. The molecule has 0 spiro atoms. The third kappa shape index (κ3) is 5.84. The lowest BCUT2D eigenvalue weighted by Crippen LogP contribution is -2.57. The maximum Gasteiger partial charge on any atom is 0.303 e. The Morgan fingerprint density at radius 3 is 1.79 bits per heavy atom. The standard InChI is InChI=1S/C14H18O9S/c1-6(15)20-5-10-11(21-7(2)16)12(22-8(3)17)13(14(19)24-10)23-9(4)18/h10-13H,5H2,1-4H3/t10-,11+,12+,13-/m1/s1. The number of carbonyl (C=O) groups is 5. The van der Waals surface area contributed by atoms with Gasteiger partial charge in [-0.1, -0.05) is 11.8 Å². The number of ether oxygens (including phenoxy) is 4. The summed E-state index contributed by atoms with van der Waals surface area (Å²) in [5.41, 5.74) is 0. The summed E-state index contributed by atoms with van der Waals surface area (Å²) >= 11 is 0.697. The fourth-order valence-electron chi connectivity index (χ4n) is 2.08. The molecule has 0 aliphatic carbocycles. The summed E-state index contributed by atoms with van der Waals surface area (Å²) < 4.78 is 20.0. The lowest BCUT2D eigenvalue weighted by Gasteiger charge is -2.38. The van der Waals surface area contributed by atoms with Crippen LogP contribution in [-0.4, -0.2) is 59.2 Å². The third-order valence-corrected chi connectivity index (χ3v) is 4.01. The van der Waals surface area contributed by atoms with Crippen molar-refractivity contribution < 1.29 is 42.9 Å². The van der Waals surface area contributed by atoms with Crippen molar-refractivity contribution in [2.45, 2.75) is 51.3 Å². The number of esters is 4. The SMILES string of the molecule is CC(=O)OC[C@H]1SC(=O)[C@H](OC(C)=O)[C@@H](OC(C)=O)[C@H]1OC(C)=O. The normalized spacial score (nSPS) is 26.2. The Labute approximate surface area is 142 Å². The summed E-state index contributed by atoms with van der Waals surface area (Å²) in [5, 5.41) is -1.40. The van der Waals surface area contributed by atoms with Gasteiger partial charge in [-0.25, -0.2) is 0 Å². The maximum absolute atomic E-state index is 12.2. The van der Waals surface area contributed by atoms with Crippen LogP contribution >= 0.6 is 11.8 Å². The van der Waals surface area contributed by atoms with Gasteiger partial charge in [-0.15, -0.1) is 0 Å². The Morgan fingerprint density at radius 1 is 0.833 bits per heavy atom. The molecule has 24 heavy (non-hydrogen) atoms. The molecule has 0 radical (unpaired) electrons. The van der Waals surface area contributed by atoms with E-state index in [1.165, 1.54) is 6.92 Å². The highest BCUT2D eigenvalue weighted by Crippen LogP contribution is 2.34. The minimum absolute atomic E-state index is 0.242. The molecular weight excluding hydrogens is 344 g/mol. The van der Waals surface area contributed by atoms with Gasteiger partial charge in [0.15, 0.2) is 12.2 Å². The van der Waals surface area contributed by atoms with E-state index in [-0.39, 0.29) is 6.61 Å². The molecular formula is C14H18O9S. The van der Waals surface area contributed by atoms with Crippen LogP contribution in [0.5, 0.6) is 0 Å². The van der Waals surface area contributed by atoms with Crippen LogP contribution in [0.15, 0.2) is 0 Å². The van der Waals surface area contributed by atoms with Crippen molar-refractivity contribution >= 4 is 40.8 Å². The molecule has 0 N–H and O–H groups in total. The van der Waals surface area contributed by atoms with Crippen LogP contribution in [0.2, 0.25) is 0 Å². The molecule has 0 amide bonds. The number of thioether (sulfide) groups is 1. The lowest BCUT2D eigenvalue weighted by atomic mass is 10.0. The highest BCUT2D eigenvalue weighted by atomic mass is 32.2. The van der Waals surface area contributed by atoms with Crippen molar-refractivity contribution in [3.8, 4) is 0 Å². The summed E-state index contributed by atoms with van der Waals surface area (Å²) in [6, 6.07) is 0. The van der Waals surface area contributed by atoms with E-state index in [1.807, 2.05) is 0 Å². The molecule has 4 atom stereocenters. The number of hydrogen-bond donors (Lipinski definition) is 0. The summed E-state index contributed by atoms with van der Waals surface area (Å²) in [6.07, 6.45) is -3.88. The first-order chi connectivity index (χ1) is 11.1. The van der Waals surface area contributed by atoms with Crippen LogP contribution in [0.3, 0.4) is 0 Å². The summed E-state index contributed by atoms with van der Waals surface area (Å²) in [5.74, 6) is -2.79. The van der Waals surface area contributed by atoms with E-state index in [0.717, 1.165) is 20.8 Å². The van der Waals surface area contributed by atoms with Gasteiger partial charge >= 0.3 is 23.9 Å². The van der Waals surface area contributed by atoms with Gasteiger partial charge < -0.3 is 18.9 Å². The van der Waals surface area contributed by atoms with E-state index in [0.29, 0.717) is 11.8 Å². The molecule has 134 valence electrons. The highest BCUT2D eigenvalue weighted by Gasteiger charge is 2.51. The van der Waals surface area contributed by atoms with Gasteiger partial charge in [0.05, 0.1) is 5.25 Å². The molecule has 1 aliphatic heterocycles. The van der Waals surface area contributed by atoms with E-state index in [4.69, 9.17) is 18.9 Å². The summed E-state index contributed by atoms with van der Waals surface area (Å²) in [7, 11) is 0. The predicted octanol–water partition coefficient (Wildman–Crippen LogP) is -0.0134. The number of hydrogen-bond acceptors (Lipinski definition) is 10. The van der Waals surface area contributed by atoms with E-state index in [1.54, 1.807) is 0 Å². The molecule has 1 heterocycles. The van der Waals surface area contributed by atoms with Gasteiger partial charge in [0, 0.05) is 27.7 Å². The smallest absolute Gasteiger partial charge is 0.303 e. The molecule has 1 rings (SSSR count). The topological polar surface area (TPSA) is 122 Å².